The van der Waals surface area contributed by atoms with Crippen molar-refractivity contribution in [2.45, 2.75) is 18.9 Å². The Hall–Kier alpha value is -1.92. The third-order valence-corrected chi connectivity index (χ3v) is 3.57. The number of nitrogens with two attached hydrogens (primary N) is 1. The number of benzene rings is 1. The van der Waals surface area contributed by atoms with Gasteiger partial charge in [0.2, 0.25) is 5.95 Å². The lowest BCUT2D eigenvalue weighted by Gasteiger charge is -2.25. The zero-order valence-corrected chi connectivity index (χ0v) is 10.6. The van der Waals surface area contributed by atoms with Gasteiger partial charge < -0.3 is 10.0 Å². The summed E-state index contributed by atoms with van der Waals surface area (Å²) in [5, 5.41) is 10.5. The molecule has 19 heavy (non-hydrogen) atoms. The standard InChI is InChI=1S/C13H17N5O/c14-17-13-15-11-6-2-1-5-10(11)12(16-13)18-7-3-4-9(18)8-19/h1-2,5-6,9,19H,3-4,7-8,14H2,(H,15,16,17). The number of hydrazine groups is 1. The van der Waals surface area contributed by atoms with Crippen LogP contribution in [0.15, 0.2) is 24.3 Å². The average Bonchev–Trinajstić information content (AvgIpc) is 2.94. The summed E-state index contributed by atoms with van der Waals surface area (Å²) >= 11 is 0. The Balaban J connectivity index is 2.15. The summed E-state index contributed by atoms with van der Waals surface area (Å²) in [6.45, 7) is 1.04. The van der Waals surface area contributed by atoms with E-state index in [0.717, 1.165) is 36.1 Å². The fourth-order valence-electron chi connectivity index (χ4n) is 2.65. The van der Waals surface area contributed by atoms with E-state index in [9.17, 15) is 5.11 Å². The molecule has 1 aliphatic heterocycles. The van der Waals surface area contributed by atoms with Gasteiger partial charge in [0.1, 0.15) is 5.82 Å². The highest BCUT2D eigenvalue weighted by Gasteiger charge is 2.26. The van der Waals surface area contributed by atoms with Gasteiger partial charge in [0.25, 0.3) is 0 Å². The molecule has 0 bridgehead atoms. The molecule has 3 rings (SSSR count). The van der Waals surface area contributed by atoms with E-state index in [0.29, 0.717) is 5.95 Å². The van der Waals surface area contributed by atoms with Crippen LogP contribution in [-0.4, -0.2) is 34.3 Å². The Bertz CT molecular complexity index is 588. The molecular formula is C13H17N5O. The molecule has 2 aromatic rings. The molecule has 6 heteroatoms. The van der Waals surface area contributed by atoms with Crippen molar-refractivity contribution in [3.05, 3.63) is 24.3 Å². The summed E-state index contributed by atoms with van der Waals surface area (Å²) in [6, 6.07) is 7.97. The van der Waals surface area contributed by atoms with E-state index in [4.69, 9.17) is 5.84 Å². The van der Waals surface area contributed by atoms with E-state index in [1.807, 2.05) is 24.3 Å². The third kappa shape index (κ3) is 2.09. The van der Waals surface area contributed by atoms with Crippen molar-refractivity contribution in [3.8, 4) is 0 Å². The average molecular weight is 259 g/mol. The molecule has 1 aromatic carbocycles. The van der Waals surface area contributed by atoms with Gasteiger partial charge in [0, 0.05) is 11.9 Å². The number of aromatic nitrogens is 2. The highest BCUT2D eigenvalue weighted by molar-refractivity contribution is 5.90. The van der Waals surface area contributed by atoms with Gasteiger partial charge in [-0.3, -0.25) is 5.43 Å². The van der Waals surface area contributed by atoms with Crippen LogP contribution in [0.3, 0.4) is 0 Å². The number of anilines is 2. The van der Waals surface area contributed by atoms with Crippen molar-refractivity contribution in [1.29, 1.82) is 0 Å². The van der Waals surface area contributed by atoms with Crippen LogP contribution in [0.1, 0.15) is 12.8 Å². The van der Waals surface area contributed by atoms with Crippen LogP contribution >= 0.6 is 0 Å². The van der Waals surface area contributed by atoms with Gasteiger partial charge in [-0.2, -0.15) is 4.98 Å². The number of aliphatic hydroxyl groups excluding tert-OH is 1. The topological polar surface area (TPSA) is 87.3 Å². The molecule has 0 radical (unpaired) electrons. The molecule has 0 aliphatic carbocycles. The Kier molecular flexibility index (Phi) is 3.18. The molecular weight excluding hydrogens is 242 g/mol. The van der Waals surface area contributed by atoms with Gasteiger partial charge in [-0.25, -0.2) is 10.8 Å². The van der Waals surface area contributed by atoms with Crippen LogP contribution < -0.4 is 16.2 Å². The molecule has 100 valence electrons. The third-order valence-electron chi connectivity index (χ3n) is 3.57. The molecule has 6 nitrogen and oxygen atoms in total. The van der Waals surface area contributed by atoms with Crippen LogP contribution in [0.5, 0.6) is 0 Å². The van der Waals surface area contributed by atoms with Crippen molar-refractivity contribution < 1.29 is 5.11 Å². The maximum atomic E-state index is 9.47. The first-order valence-corrected chi connectivity index (χ1v) is 6.44. The second-order valence-corrected chi connectivity index (χ2v) is 4.70. The molecule has 0 saturated carbocycles. The normalized spacial score (nSPS) is 19.1. The first kappa shape index (κ1) is 12.1. The summed E-state index contributed by atoms with van der Waals surface area (Å²) in [4.78, 5) is 11.0. The van der Waals surface area contributed by atoms with Gasteiger partial charge in [-0.15, -0.1) is 0 Å². The highest BCUT2D eigenvalue weighted by Crippen LogP contribution is 2.30. The lowest BCUT2D eigenvalue weighted by Crippen LogP contribution is -2.33. The molecule has 4 N–H and O–H groups in total. The number of nitrogens with one attached hydrogen (secondary N) is 1. The molecule has 0 spiro atoms. The zero-order valence-electron chi connectivity index (χ0n) is 10.6. The van der Waals surface area contributed by atoms with Crippen LogP contribution in [0.25, 0.3) is 10.9 Å². The van der Waals surface area contributed by atoms with Crippen LogP contribution in [0, 0.1) is 0 Å². The molecule has 1 aromatic heterocycles. The monoisotopic (exact) mass is 259 g/mol. The Labute approximate surface area is 111 Å². The number of nitrogen functional groups attached to an aromatic ring is 1. The smallest absolute Gasteiger partial charge is 0.239 e. The highest BCUT2D eigenvalue weighted by atomic mass is 16.3. The molecule has 2 heterocycles. The number of rotatable bonds is 3. The number of aliphatic hydroxyl groups is 1. The van der Waals surface area contributed by atoms with Gasteiger partial charge in [0.05, 0.1) is 18.2 Å². The first-order chi connectivity index (χ1) is 9.33. The van der Waals surface area contributed by atoms with Crippen molar-refractivity contribution in [2.24, 2.45) is 5.84 Å². The minimum absolute atomic E-state index is 0.129. The van der Waals surface area contributed by atoms with E-state index in [1.54, 1.807) is 0 Å². The number of hydrogen-bond acceptors (Lipinski definition) is 6. The minimum atomic E-state index is 0.129. The van der Waals surface area contributed by atoms with E-state index in [2.05, 4.69) is 20.3 Å². The summed E-state index contributed by atoms with van der Waals surface area (Å²) in [5.41, 5.74) is 3.36. The molecule has 1 unspecified atom stereocenters. The quantitative estimate of drug-likeness (QED) is 0.560. The number of fused-ring (bicyclic) bond motifs is 1. The SMILES string of the molecule is NNc1nc(N2CCCC2CO)c2ccccc2n1. The van der Waals surface area contributed by atoms with Crippen molar-refractivity contribution in [2.75, 3.05) is 23.5 Å². The van der Waals surface area contributed by atoms with Crippen molar-refractivity contribution in [3.63, 3.8) is 0 Å². The van der Waals surface area contributed by atoms with Crippen molar-refractivity contribution in [1.82, 2.24) is 9.97 Å². The molecule has 1 fully saturated rings. The predicted octanol–water partition coefficient (Wildman–Crippen LogP) is 0.876. The lowest BCUT2D eigenvalue weighted by molar-refractivity contribution is 0.266. The van der Waals surface area contributed by atoms with Gasteiger partial charge in [-0.1, -0.05) is 12.1 Å². The van der Waals surface area contributed by atoms with Crippen molar-refractivity contribution >= 4 is 22.7 Å². The largest absolute Gasteiger partial charge is 0.394 e. The summed E-state index contributed by atoms with van der Waals surface area (Å²) in [5.74, 6) is 6.68. The second-order valence-electron chi connectivity index (χ2n) is 4.70. The van der Waals surface area contributed by atoms with E-state index in [-0.39, 0.29) is 12.6 Å². The summed E-state index contributed by atoms with van der Waals surface area (Å²) in [7, 11) is 0. The Morgan fingerprint density at radius 1 is 1.37 bits per heavy atom. The van der Waals surface area contributed by atoms with E-state index in [1.165, 1.54) is 0 Å². The Morgan fingerprint density at radius 3 is 3.00 bits per heavy atom. The Morgan fingerprint density at radius 2 is 2.21 bits per heavy atom. The fourth-order valence-corrected chi connectivity index (χ4v) is 2.65. The predicted molar refractivity (Wildman–Crippen MR) is 74.8 cm³/mol. The van der Waals surface area contributed by atoms with Crippen LogP contribution in [0.4, 0.5) is 11.8 Å². The summed E-state index contributed by atoms with van der Waals surface area (Å²) < 4.78 is 0. The first-order valence-electron chi connectivity index (χ1n) is 6.44. The fraction of sp³-hybridized carbons (Fsp3) is 0.385. The van der Waals surface area contributed by atoms with Gasteiger partial charge >= 0.3 is 0 Å². The number of para-hydroxylation sites is 1. The minimum Gasteiger partial charge on any atom is -0.394 e. The molecule has 1 atom stereocenters. The molecule has 1 aliphatic rings. The number of nitrogens with zero attached hydrogens (tertiary/aromatic N) is 3. The van der Waals surface area contributed by atoms with Gasteiger partial charge in [0.15, 0.2) is 0 Å². The molecule has 1 saturated heterocycles. The van der Waals surface area contributed by atoms with E-state index < -0.39 is 0 Å². The second kappa shape index (κ2) is 4.99. The maximum absolute atomic E-state index is 9.47. The van der Waals surface area contributed by atoms with E-state index >= 15 is 0 Å². The van der Waals surface area contributed by atoms with Crippen LogP contribution in [0.2, 0.25) is 0 Å². The zero-order chi connectivity index (χ0) is 13.2. The summed E-state index contributed by atoms with van der Waals surface area (Å²) in [6.07, 6.45) is 2.05. The molecule has 0 amide bonds. The lowest BCUT2D eigenvalue weighted by atomic mass is 10.2. The van der Waals surface area contributed by atoms with Gasteiger partial charge in [-0.05, 0) is 25.0 Å². The maximum Gasteiger partial charge on any atom is 0.239 e. The number of hydrogen-bond donors (Lipinski definition) is 3. The van der Waals surface area contributed by atoms with Crippen LogP contribution in [-0.2, 0) is 0 Å².